The first-order valence-corrected chi connectivity index (χ1v) is 10.7. The number of carbonyl (C=O) groups is 1. The van der Waals surface area contributed by atoms with Crippen molar-refractivity contribution in [3.05, 3.63) is 24.5 Å². The zero-order chi connectivity index (χ0) is 19.0. The van der Waals surface area contributed by atoms with E-state index in [1.165, 1.54) is 6.42 Å². The number of amides is 1. The van der Waals surface area contributed by atoms with Gasteiger partial charge in [-0.1, -0.05) is 25.6 Å². The molecule has 0 aromatic carbocycles. The number of carbonyl (C=O) groups excluding carboxylic acids is 1. The number of aromatic nitrogens is 4. The van der Waals surface area contributed by atoms with Crippen molar-refractivity contribution in [2.24, 2.45) is 11.8 Å². The van der Waals surface area contributed by atoms with Crippen molar-refractivity contribution in [2.75, 3.05) is 13.1 Å². The van der Waals surface area contributed by atoms with E-state index in [0.29, 0.717) is 17.9 Å². The Bertz CT molecular complexity index is 794. The molecule has 2 aromatic rings. The fraction of sp³-hybridized carbons (Fsp3) is 0.600. The number of thioether (sulfide) groups is 1. The largest absolute Gasteiger partial charge is 0.341 e. The predicted molar refractivity (Wildman–Crippen MR) is 106 cm³/mol. The van der Waals surface area contributed by atoms with Gasteiger partial charge in [0.25, 0.3) is 0 Å². The molecule has 3 heterocycles. The second-order valence-corrected chi connectivity index (χ2v) is 9.40. The third-order valence-corrected chi connectivity index (χ3v) is 6.37. The quantitative estimate of drug-likeness (QED) is 0.735. The third-order valence-electron chi connectivity index (χ3n) is 5.33. The van der Waals surface area contributed by atoms with Gasteiger partial charge >= 0.3 is 0 Å². The fourth-order valence-corrected chi connectivity index (χ4v) is 5.03. The molecule has 3 atom stereocenters. The van der Waals surface area contributed by atoms with E-state index in [1.807, 2.05) is 24.0 Å². The second kappa shape index (κ2) is 7.62. The Morgan fingerprint density at radius 3 is 2.44 bits per heavy atom. The SMILES string of the molecule is C[C@@H]1C[C@H](C)CN(C(=O)[C@@H](C)Sc2nnc(-c3ccncc3)n2C2CC2)C1. The Labute approximate surface area is 164 Å². The lowest BCUT2D eigenvalue weighted by atomic mass is 9.92. The van der Waals surface area contributed by atoms with Crippen LogP contribution >= 0.6 is 11.8 Å². The molecule has 1 saturated heterocycles. The lowest BCUT2D eigenvalue weighted by molar-refractivity contribution is -0.132. The van der Waals surface area contributed by atoms with E-state index in [-0.39, 0.29) is 11.2 Å². The van der Waals surface area contributed by atoms with Crippen LogP contribution in [-0.2, 0) is 4.79 Å². The summed E-state index contributed by atoms with van der Waals surface area (Å²) in [7, 11) is 0. The Kier molecular flexibility index (Phi) is 5.21. The third kappa shape index (κ3) is 4.03. The summed E-state index contributed by atoms with van der Waals surface area (Å²) in [6, 6.07) is 4.37. The lowest BCUT2D eigenvalue weighted by Gasteiger charge is -2.36. The van der Waals surface area contributed by atoms with Gasteiger partial charge in [0.1, 0.15) is 0 Å². The molecule has 4 rings (SSSR count). The molecule has 144 valence electrons. The molecule has 1 saturated carbocycles. The monoisotopic (exact) mass is 385 g/mol. The van der Waals surface area contributed by atoms with Crippen molar-refractivity contribution in [1.82, 2.24) is 24.6 Å². The van der Waals surface area contributed by atoms with Gasteiger partial charge in [0.2, 0.25) is 5.91 Å². The van der Waals surface area contributed by atoms with Gasteiger partial charge in [0.05, 0.1) is 5.25 Å². The summed E-state index contributed by atoms with van der Waals surface area (Å²) in [4.78, 5) is 19.1. The summed E-state index contributed by atoms with van der Waals surface area (Å²) < 4.78 is 2.21. The molecule has 0 bridgehead atoms. The average Bonchev–Trinajstić information content (AvgIpc) is 3.41. The summed E-state index contributed by atoms with van der Waals surface area (Å²) in [5.41, 5.74) is 1.02. The predicted octanol–water partition coefficient (Wildman–Crippen LogP) is 3.66. The highest BCUT2D eigenvalue weighted by Crippen LogP contribution is 2.41. The van der Waals surface area contributed by atoms with Crippen molar-refractivity contribution in [1.29, 1.82) is 0 Å². The zero-order valence-electron chi connectivity index (χ0n) is 16.2. The van der Waals surface area contributed by atoms with Crippen molar-refractivity contribution in [2.45, 2.75) is 56.5 Å². The molecular weight excluding hydrogens is 358 g/mol. The van der Waals surface area contributed by atoms with Gasteiger partial charge in [-0.25, -0.2) is 0 Å². The van der Waals surface area contributed by atoms with Gasteiger partial charge in [-0.15, -0.1) is 10.2 Å². The van der Waals surface area contributed by atoms with Crippen LogP contribution in [0.15, 0.2) is 29.7 Å². The molecule has 0 unspecified atom stereocenters. The van der Waals surface area contributed by atoms with E-state index in [9.17, 15) is 4.79 Å². The van der Waals surface area contributed by atoms with Crippen molar-refractivity contribution < 1.29 is 4.79 Å². The smallest absolute Gasteiger partial charge is 0.235 e. The van der Waals surface area contributed by atoms with Crippen LogP contribution in [0.4, 0.5) is 0 Å². The molecule has 1 aliphatic carbocycles. The highest BCUT2D eigenvalue weighted by atomic mass is 32.2. The van der Waals surface area contributed by atoms with Crippen LogP contribution in [0.3, 0.4) is 0 Å². The van der Waals surface area contributed by atoms with Gasteiger partial charge in [0, 0.05) is 37.1 Å². The zero-order valence-corrected chi connectivity index (χ0v) is 17.0. The minimum Gasteiger partial charge on any atom is -0.341 e. The van der Waals surface area contributed by atoms with E-state index in [4.69, 9.17) is 0 Å². The molecule has 1 amide bonds. The van der Waals surface area contributed by atoms with Crippen LogP contribution in [-0.4, -0.2) is 48.9 Å². The first-order chi connectivity index (χ1) is 13.0. The molecule has 2 aliphatic rings. The maximum Gasteiger partial charge on any atom is 0.235 e. The number of hydrogen-bond donors (Lipinski definition) is 0. The summed E-state index contributed by atoms with van der Waals surface area (Å²) in [6.07, 6.45) is 7.05. The number of rotatable bonds is 5. The maximum absolute atomic E-state index is 13.0. The number of hydrogen-bond acceptors (Lipinski definition) is 5. The van der Waals surface area contributed by atoms with Gasteiger partial charge in [-0.3, -0.25) is 14.3 Å². The standard InChI is InChI=1S/C20H27N5OS/c1-13-10-14(2)12-24(11-13)19(26)15(3)27-20-23-22-18(25(20)17-4-5-17)16-6-8-21-9-7-16/h6-9,13-15,17H,4-5,10-12H2,1-3H3/t13-,14+,15-/m1/s1. The van der Waals surface area contributed by atoms with E-state index in [2.05, 4.69) is 33.6 Å². The number of nitrogens with zero attached hydrogens (tertiary/aromatic N) is 5. The summed E-state index contributed by atoms with van der Waals surface area (Å²) >= 11 is 1.54. The van der Waals surface area contributed by atoms with E-state index >= 15 is 0 Å². The molecule has 1 aliphatic heterocycles. The van der Waals surface area contributed by atoms with E-state index < -0.39 is 0 Å². The first kappa shape index (κ1) is 18.5. The minimum atomic E-state index is -0.158. The van der Waals surface area contributed by atoms with Gasteiger partial charge in [0.15, 0.2) is 11.0 Å². The van der Waals surface area contributed by atoms with Gasteiger partial charge < -0.3 is 4.90 Å². The molecule has 2 fully saturated rings. The lowest BCUT2D eigenvalue weighted by Crippen LogP contribution is -2.45. The average molecular weight is 386 g/mol. The highest BCUT2D eigenvalue weighted by Gasteiger charge is 2.33. The van der Waals surface area contributed by atoms with Crippen molar-refractivity contribution in [3.63, 3.8) is 0 Å². The summed E-state index contributed by atoms with van der Waals surface area (Å²) in [6.45, 7) is 8.20. The highest BCUT2D eigenvalue weighted by molar-refractivity contribution is 8.00. The number of likely N-dealkylation sites (tertiary alicyclic amines) is 1. The number of pyridine rings is 1. The first-order valence-electron chi connectivity index (χ1n) is 9.83. The minimum absolute atomic E-state index is 0.158. The Morgan fingerprint density at radius 2 is 1.81 bits per heavy atom. The van der Waals surface area contributed by atoms with Crippen LogP contribution in [0.5, 0.6) is 0 Å². The molecular formula is C20H27N5OS. The van der Waals surface area contributed by atoms with Gasteiger partial charge in [-0.05, 0) is 50.2 Å². The van der Waals surface area contributed by atoms with Crippen molar-refractivity contribution >= 4 is 17.7 Å². The van der Waals surface area contributed by atoms with Crippen molar-refractivity contribution in [3.8, 4) is 11.4 Å². The van der Waals surface area contributed by atoms with Crippen LogP contribution in [0.1, 0.15) is 46.1 Å². The normalized spacial score (nSPS) is 24.0. The summed E-state index contributed by atoms with van der Waals surface area (Å²) in [5.74, 6) is 2.24. The topological polar surface area (TPSA) is 63.9 Å². The number of piperidine rings is 1. The molecule has 0 N–H and O–H groups in total. The van der Waals surface area contributed by atoms with E-state index in [0.717, 1.165) is 42.5 Å². The molecule has 0 spiro atoms. The Morgan fingerprint density at radius 1 is 1.15 bits per heavy atom. The fourth-order valence-electron chi connectivity index (χ4n) is 4.03. The van der Waals surface area contributed by atoms with Gasteiger partial charge in [-0.2, -0.15) is 0 Å². The second-order valence-electron chi connectivity index (χ2n) is 8.09. The Hall–Kier alpha value is -1.89. The molecule has 6 nitrogen and oxygen atoms in total. The van der Waals surface area contributed by atoms with Crippen LogP contribution < -0.4 is 0 Å². The Balaban J connectivity index is 1.52. The molecule has 0 radical (unpaired) electrons. The van der Waals surface area contributed by atoms with Crippen LogP contribution in [0, 0.1) is 11.8 Å². The maximum atomic E-state index is 13.0. The molecule has 27 heavy (non-hydrogen) atoms. The van der Waals surface area contributed by atoms with Crippen LogP contribution in [0.2, 0.25) is 0 Å². The van der Waals surface area contributed by atoms with Crippen LogP contribution in [0.25, 0.3) is 11.4 Å². The molecule has 2 aromatic heterocycles. The summed E-state index contributed by atoms with van der Waals surface area (Å²) in [5, 5.41) is 9.56. The molecule has 7 heteroatoms. The van der Waals surface area contributed by atoms with E-state index in [1.54, 1.807) is 24.2 Å².